The molecule has 0 bridgehead atoms. The van der Waals surface area contributed by atoms with Gasteiger partial charge in [0.1, 0.15) is 17.1 Å². The van der Waals surface area contributed by atoms with E-state index < -0.39 is 11.6 Å². The lowest BCUT2D eigenvalue weighted by Crippen LogP contribution is -2.40. The highest BCUT2D eigenvalue weighted by molar-refractivity contribution is 5.92. The van der Waals surface area contributed by atoms with E-state index in [9.17, 15) is 9.90 Å². The molecule has 3 rings (SSSR count). The minimum Gasteiger partial charge on any atom is -0.466 e. The van der Waals surface area contributed by atoms with Crippen LogP contribution in [0.5, 0.6) is 0 Å². The predicted molar refractivity (Wildman–Crippen MR) is 87.1 cm³/mol. The molecule has 0 radical (unpaired) electrons. The number of amides is 2. The molecule has 0 fully saturated rings. The summed E-state index contributed by atoms with van der Waals surface area (Å²) in [5, 5.41) is 22.3. The smallest absolute Gasteiger partial charge is 0.319 e. The van der Waals surface area contributed by atoms with Gasteiger partial charge in [-0.25, -0.2) is 4.79 Å². The van der Waals surface area contributed by atoms with Crippen LogP contribution in [0, 0.1) is 0 Å². The normalized spacial score (nSPS) is 13.2. The molecule has 1 unspecified atom stereocenters. The van der Waals surface area contributed by atoms with E-state index in [4.69, 9.17) is 4.42 Å². The van der Waals surface area contributed by atoms with Crippen LogP contribution in [0.25, 0.3) is 11.4 Å². The van der Waals surface area contributed by atoms with Crippen LogP contribution in [-0.4, -0.2) is 32.9 Å². The Hall–Kier alpha value is -3.13. The Morgan fingerprint density at radius 1 is 1.38 bits per heavy atom. The summed E-state index contributed by atoms with van der Waals surface area (Å²) in [6, 6.07) is 8.30. The standard InChI is InChI=1S/C16H17N5O3/c1-16(23,13-6-4-8-24-13)10-18-15(22)20-12-9-19-21-14(12)11-5-2-3-7-17-11/h2-9,23H,10H2,1H3,(H,19,21)(H2,18,20,22). The molecule has 4 N–H and O–H groups in total. The molecule has 0 saturated heterocycles. The van der Waals surface area contributed by atoms with Crippen molar-refractivity contribution in [3.05, 3.63) is 54.7 Å². The largest absolute Gasteiger partial charge is 0.466 e. The number of nitrogens with zero attached hydrogens (tertiary/aromatic N) is 2. The fourth-order valence-electron chi connectivity index (χ4n) is 2.18. The van der Waals surface area contributed by atoms with Gasteiger partial charge in [-0.2, -0.15) is 5.10 Å². The minimum absolute atomic E-state index is 0.0108. The third-order valence-corrected chi connectivity index (χ3v) is 3.45. The maximum Gasteiger partial charge on any atom is 0.319 e. The van der Waals surface area contributed by atoms with Gasteiger partial charge in [0.25, 0.3) is 0 Å². The molecule has 124 valence electrons. The van der Waals surface area contributed by atoms with Gasteiger partial charge in [-0.05, 0) is 31.2 Å². The second-order valence-corrected chi connectivity index (χ2v) is 5.43. The van der Waals surface area contributed by atoms with Gasteiger partial charge in [0.05, 0.1) is 30.4 Å². The van der Waals surface area contributed by atoms with Gasteiger partial charge >= 0.3 is 6.03 Å². The summed E-state index contributed by atoms with van der Waals surface area (Å²) in [6.45, 7) is 1.55. The first-order valence-electron chi connectivity index (χ1n) is 7.32. The lowest BCUT2D eigenvalue weighted by atomic mass is 10.0. The number of pyridine rings is 1. The zero-order valence-corrected chi connectivity index (χ0v) is 13.0. The van der Waals surface area contributed by atoms with Crippen LogP contribution in [0.1, 0.15) is 12.7 Å². The Bertz CT molecular complexity index is 796. The maximum absolute atomic E-state index is 12.1. The van der Waals surface area contributed by atoms with Gasteiger partial charge in [-0.1, -0.05) is 6.07 Å². The molecule has 0 aliphatic rings. The number of aromatic amines is 1. The Morgan fingerprint density at radius 3 is 2.96 bits per heavy atom. The van der Waals surface area contributed by atoms with Crippen LogP contribution >= 0.6 is 0 Å². The van der Waals surface area contributed by atoms with Gasteiger partial charge in [0.15, 0.2) is 0 Å². The molecule has 0 spiro atoms. The summed E-state index contributed by atoms with van der Waals surface area (Å²) in [7, 11) is 0. The second kappa shape index (κ2) is 6.55. The minimum atomic E-state index is -1.30. The molecule has 24 heavy (non-hydrogen) atoms. The Labute approximate surface area is 137 Å². The number of aliphatic hydroxyl groups is 1. The highest BCUT2D eigenvalue weighted by Crippen LogP contribution is 2.23. The molecule has 3 aromatic rings. The van der Waals surface area contributed by atoms with E-state index in [1.54, 1.807) is 37.4 Å². The van der Waals surface area contributed by atoms with E-state index in [2.05, 4.69) is 25.8 Å². The third-order valence-electron chi connectivity index (χ3n) is 3.45. The van der Waals surface area contributed by atoms with E-state index in [1.165, 1.54) is 12.5 Å². The third kappa shape index (κ3) is 3.44. The van der Waals surface area contributed by atoms with Gasteiger partial charge in [-0.15, -0.1) is 0 Å². The first-order chi connectivity index (χ1) is 11.6. The molecule has 0 saturated carbocycles. The van der Waals surface area contributed by atoms with Crippen LogP contribution in [0.15, 0.2) is 53.4 Å². The van der Waals surface area contributed by atoms with Crippen molar-refractivity contribution in [1.82, 2.24) is 20.5 Å². The fraction of sp³-hybridized carbons (Fsp3) is 0.188. The number of nitrogens with one attached hydrogen (secondary N) is 3. The van der Waals surface area contributed by atoms with Gasteiger partial charge in [0.2, 0.25) is 0 Å². The zero-order chi connectivity index (χ0) is 17.0. The van der Waals surface area contributed by atoms with Crippen molar-refractivity contribution in [1.29, 1.82) is 0 Å². The summed E-state index contributed by atoms with van der Waals surface area (Å²) in [4.78, 5) is 16.3. The van der Waals surface area contributed by atoms with E-state index in [0.29, 0.717) is 22.8 Å². The number of rotatable bonds is 5. The molecule has 0 aromatic carbocycles. The molecule has 0 aliphatic carbocycles. The van der Waals surface area contributed by atoms with Gasteiger partial charge < -0.3 is 20.2 Å². The van der Waals surface area contributed by atoms with E-state index in [1.807, 2.05) is 6.07 Å². The number of furan rings is 1. The van der Waals surface area contributed by atoms with Crippen molar-refractivity contribution in [2.45, 2.75) is 12.5 Å². The molecule has 8 heteroatoms. The number of urea groups is 1. The maximum atomic E-state index is 12.1. The van der Waals surface area contributed by atoms with Crippen molar-refractivity contribution in [2.75, 3.05) is 11.9 Å². The molecule has 3 heterocycles. The van der Waals surface area contributed by atoms with Crippen molar-refractivity contribution in [3.63, 3.8) is 0 Å². The van der Waals surface area contributed by atoms with E-state index in [-0.39, 0.29) is 6.54 Å². The molecule has 3 aromatic heterocycles. The predicted octanol–water partition coefficient (Wildman–Crippen LogP) is 2.09. The van der Waals surface area contributed by atoms with Crippen LogP contribution < -0.4 is 10.6 Å². The van der Waals surface area contributed by atoms with Crippen molar-refractivity contribution >= 4 is 11.7 Å². The number of aromatic nitrogens is 3. The lowest BCUT2D eigenvalue weighted by Gasteiger charge is -2.21. The average molecular weight is 327 g/mol. The quantitative estimate of drug-likeness (QED) is 0.572. The summed E-state index contributed by atoms with van der Waals surface area (Å²) in [6.07, 6.45) is 4.61. The summed E-state index contributed by atoms with van der Waals surface area (Å²) in [5.41, 5.74) is 0.446. The summed E-state index contributed by atoms with van der Waals surface area (Å²) < 4.78 is 5.17. The van der Waals surface area contributed by atoms with Gasteiger partial charge in [0, 0.05) is 6.20 Å². The number of carbonyl (C=O) groups is 1. The molecular weight excluding hydrogens is 310 g/mol. The molecule has 8 nitrogen and oxygen atoms in total. The summed E-state index contributed by atoms with van der Waals surface area (Å²) in [5.74, 6) is 0.375. The fourth-order valence-corrected chi connectivity index (χ4v) is 2.18. The molecule has 2 amide bonds. The number of carbonyl (C=O) groups excluding carboxylic acids is 1. The Morgan fingerprint density at radius 2 is 2.25 bits per heavy atom. The number of hydrogen-bond donors (Lipinski definition) is 4. The summed E-state index contributed by atoms with van der Waals surface area (Å²) >= 11 is 0. The van der Waals surface area contributed by atoms with E-state index >= 15 is 0 Å². The van der Waals surface area contributed by atoms with Crippen molar-refractivity contribution in [2.24, 2.45) is 0 Å². The van der Waals surface area contributed by atoms with Crippen molar-refractivity contribution < 1.29 is 14.3 Å². The molecule has 0 aliphatic heterocycles. The monoisotopic (exact) mass is 327 g/mol. The first kappa shape index (κ1) is 15.8. The SMILES string of the molecule is CC(O)(CNC(=O)Nc1cn[nH]c1-c1ccccn1)c1ccco1. The van der Waals surface area contributed by atoms with Crippen LogP contribution in [0.2, 0.25) is 0 Å². The Balaban J connectivity index is 1.63. The van der Waals surface area contributed by atoms with Crippen LogP contribution in [0.4, 0.5) is 10.5 Å². The highest BCUT2D eigenvalue weighted by atomic mass is 16.4. The Kier molecular flexibility index (Phi) is 4.30. The molecule has 1 atom stereocenters. The number of anilines is 1. The second-order valence-electron chi connectivity index (χ2n) is 5.43. The van der Waals surface area contributed by atoms with Gasteiger partial charge in [-0.3, -0.25) is 10.1 Å². The van der Waals surface area contributed by atoms with Crippen molar-refractivity contribution in [3.8, 4) is 11.4 Å². The highest BCUT2D eigenvalue weighted by Gasteiger charge is 2.27. The number of H-pyrrole nitrogens is 1. The average Bonchev–Trinajstić information content (AvgIpc) is 3.26. The first-order valence-corrected chi connectivity index (χ1v) is 7.32. The topological polar surface area (TPSA) is 116 Å². The number of hydrogen-bond acceptors (Lipinski definition) is 5. The van der Waals surface area contributed by atoms with Crippen LogP contribution in [-0.2, 0) is 5.60 Å². The van der Waals surface area contributed by atoms with Crippen LogP contribution in [0.3, 0.4) is 0 Å². The lowest BCUT2D eigenvalue weighted by molar-refractivity contribution is 0.0372. The molecular formula is C16H17N5O3. The zero-order valence-electron chi connectivity index (χ0n) is 13.0. The van der Waals surface area contributed by atoms with E-state index in [0.717, 1.165) is 0 Å².